The number of hydrogen-bond acceptors (Lipinski definition) is 3. The SMILES string of the molecule is CC(=O)N1CCc2cc(N[C@@H](C(=O)N3CCCCC3)c3ccccc3)ccc21. The topological polar surface area (TPSA) is 52.7 Å². The second-order valence-corrected chi connectivity index (χ2v) is 7.64. The molecule has 2 aliphatic heterocycles. The number of rotatable bonds is 4. The minimum Gasteiger partial charge on any atom is -0.370 e. The molecule has 0 unspecified atom stereocenters. The molecule has 0 bridgehead atoms. The summed E-state index contributed by atoms with van der Waals surface area (Å²) >= 11 is 0. The van der Waals surface area contributed by atoms with Crippen LogP contribution >= 0.6 is 0 Å². The molecule has 0 aliphatic carbocycles. The zero-order valence-corrected chi connectivity index (χ0v) is 16.4. The lowest BCUT2D eigenvalue weighted by Gasteiger charge is -2.31. The zero-order valence-electron chi connectivity index (χ0n) is 16.4. The molecule has 0 radical (unpaired) electrons. The van der Waals surface area contributed by atoms with Gasteiger partial charge in [-0.2, -0.15) is 0 Å². The summed E-state index contributed by atoms with van der Waals surface area (Å²) in [7, 11) is 0. The van der Waals surface area contributed by atoms with Crippen LogP contribution in [0.1, 0.15) is 43.4 Å². The van der Waals surface area contributed by atoms with Gasteiger partial charge in [0.25, 0.3) is 0 Å². The highest BCUT2D eigenvalue weighted by Gasteiger charge is 2.28. The number of carbonyl (C=O) groups excluding carboxylic acids is 2. The number of hydrogen-bond donors (Lipinski definition) is 1. The lowest BCUT2D eigenvalue weighted by atomic mass is 10.0. The van der Waals surface area contributed by atoms with Crippen LogP contribution in [0, 0.1) is 0 Å². The van der Waals surface area contributed by atoms with Gasteiger partial charge in [-0.1, -0.05) is 30.3 Å². The molecule has 1 N–H and O–H groups in total. The Morgan fingerprint density at radius 1 is 0.964 bits per heavy atom. The van der Waals surface area contributed by atoms with Crippen LogP contribution in [0.5, 0.6) is 0 Å². The van der Waals surface area contributed by atoms with Gasteiger partial charge < -0.3 is 15.1 Å². The van der Waals surface area contributed by atoms with Crippen LogP contribution in [-0.2, 0) is 16.0 Å². The van der Waals surface area contributed by atoms with E-state index in [-0.39, 0.29) is 11.8 Å². The van der Waals surface area contributed by atoms with Crippen molar-refractivity contribution in [3.63, 3.8) is 0 Å². The zero-order chi connectivity index (χ0) is 19.5. The Morgan fingerprint density at radius 2 is 1.71 bits per heavy atom. The number of piperidine rings is 1. The molecule has 5 nitrogen and oxygen atoms in total. The third-order valence-electron chi connectivity index (χ3n) is 5.71. The van der Waals surface area contributed by atoms with Crippen LogP contribution in [0.25, 0.3) is 0 Å². The lowest BCUT2D eigenvalue weighted by molar-refractivity contribution is -0.133. The van der Waals surface area contributed by atoms with Gasteiger partial charge >= 0.3 is 0 Å². The number of fused-ring (bicyclic) bond motifs is 1. The Hall–Kier alpha value is -2.82. The van der Waals surface area contributed by atoms with Crippen LogP contribution < -0.4 is 10.2 Å². The molecule has 1 fully saturated rings. The first kappa shape index (κ1) is 18.5. The summed E-state index contributed by atoms with van der Waals surface area (Å²) in [6, 6.07) is 15.6. The van der Waals surface area contributed by atoms with Crippen LogP contribution in [0.3, 0.4) is 0 Å². The summed E-state index contributed by atoms with van der Waals surface area (Å²) in [4.78, 5) is 28.9. The van der Waals surface area contributed by atoms with Crippen molar-refractivity contribution in [3.8, 4) is 0 Å². The van der Waals surface area contributed by atoms with Crippen molar-refractivity contribution in [2.75, 3.05) is 29.9 Å². The maximum atomic E-state index is 13.3. The van der Waals surface area contributed by atoms with Gasteiger partial charge in [-0.25, -0.2) is 0 Å². The highest BCUT2D eigenvalue weighted by Crippen LogP contribution is 2.32. The van der Waals surface area contributed by atoms with Gasteiger partial charge in [-0.15, -0.1) is 0 Å². The van der Waals surface area contributed by atoms with E-state index in [9.17, 15) is 9.59 Å². The molecular weight excluding hydrogens is 350 g/mol. The smallest absolute Gasteiger partial charge is 0.249 e. The third kappa shape index (κ3) is 3.75. The molecule has 28 heavy (non-hydrogen) atoms. The molecular formula is C23H27N3O2. The summed E-state index contributed by atoms with van der Waals surface area (Å²) in [6.07, 6.45) is 4.20. The fourth-order valence-corrected chi connectivity index (χ4v) is 4.22. The van der Waals surface area contributed by atoms with Crippen LogP contribution in [0.15, 0.2) is 48.5 Å². The van der Waals surface area contributed by atoms with Crippen molar-refractivity contribution >= 4 is 23.2 Å². The Labute approximate surface area is 166 Å². The molecule has 2 aliphatic rings. The molecule has 2 heterocycles. The van der Waals surface area contributed by atoms with E-state index in [4.69, 9.17) is 0 Å². The summed E-state index contributed by atoms with van der Waals surface area (Å²) < 4.78 is 0. The molecule has 2 aromatic rings. The molecule has 146 valence electrons. The van der Waals surface area contributed by atoms with Gasteiger partial charge in [0.2, 0.25) is 11.8 Å². The normalized spacial score (nSPS) is 17.2. The molecule has 1 atom stereocenters. The van der Waals surface area contributed by atoms with E-state index in [1.807, 2.05) is 52.3 Å². The summed E-state index contributed by atoms with van der Waals surface area (Å²) in [5, 5.41) is 3.47. The summed E-state index contributed by atoms with van der Waals surface area (Å²) in [5.41, 5.74) is 4.03. The van der Waals surface area contributed by atoms with E-state index in [1.54, 1.807) is 6.92 Å². The van der Waals surface area contributed by atoms with Crippen molar-refractivity contribution in [2.45, 2.75) is 38.6 Å². The van der Waals surface area contributed by atoms with Gasteiger partial charge in [0.15, 0.2) is 0 Å². The van der Waals surface area contributed by atoms with Gasteiger partial charge in [-0.3, -0.25) is 9.59 Å². The first-order valence-corrected chi connectivity index (χ1v) is 10.1. The van der Waals surface area contributed by atoms with Crippen LogP contribution in [-0.4, -0.2) is 36.3 Å². The van der Waals surface area contributed by atoms with Crippen molar-refractivity contribution in [1.82, 2.24) is 4.90 Å². The first-order chi connectivity index (χ1) is 13.6. The molecule has 5 heteroatoms. The van der Waals surface area contributed by atoms with Gasteiger partial charge in [-0.05, 0) is 55.0 Å². The fraction of sp³-hybridized carbons (Fsp3) is 0.391. The van der Waals surface area contributed by atoms with E-state index >= 15 is 0 Å². The van der Waals surface area contributed by atoms with Crippen molar-refractivity contribution in [2.24, 2.45) is 0 Å². The molecule has 2 amide bonds. The van der Waals surface area contributed by atoms with Gasteiger partial charge in [0.05, 0.1) is 0 Å². The predicted octanol–water partition coefficient (Wildman–Crippen LogP) is 3.76. The number of carbonyl (C=O) groups is 2. The highest BCUT2D eigenvalue weighted by molar-refractivity contribution is 5.94. The average Bonchev–Trinajstić information content (AvgIpc) is 3.16. The maximum absolute atomic E-state index is 13.3. The van der Waals surface area contributed by atoms with Crippen molar-refractivity contribution in [1.29, 1.82) is 0 Å². The molecule has 0 spiro atoms. The Kier molecular flexibility index (Phi) is 5.33. The van der Waals surface area contributed by atoms with Crippen molar-refractivity contribution < 1.29 is 9.59 Å². The van der Waals surface area contributed by atoms with E-state index in [0.717, 1.165) is 61.4 Å². The Balaban J connectivity index is 1.59. The maximum Gasteiger partial charge on any atom is 0.249 e. The molecule has 2 aromatic carbocycles. The molecule has 0 saturated carbocycles. The molecule has 1 saturated heterocycles. The van der Waals surface area contributed by atoms with E-state index in [1.165, 1.54) is 6.42 Å². The number of amides is 2. The number of anilines is 2. The number of nitrogens with zero attached hydrogens (tertiary/aromatic N) is 2. The number of likely N-dealkylation sites (tertiary alicyclic amines) is 1. The van der Waals surface area contributed by atoms with Crippen molar-refractivity contribution in [3.05, 3.63) is 59.7 Å². The fourth-order valence-electron chi connectivity index (χ4n) is 4.22. The van der Waals surface area contributed by atoms with Crippen LogP contribution in [0.4, 0.5) is 11.4 Å². The average molecular weight is 377 g/mol. The monoisotopic (exact) mass is 377 g/mol. The second-order valence-electron chi connectivity index (χ2n) is 7.64. The molecule has 0 aromatic heterocycles. The van der Waals surface area contributed by atoms with Crippen LogP contribution in [0.2, 0.25) is 0 Å². The minimum atomic E-state index is -0.400. The quantitative estimate of drug-likeness (QED) is 0.883. The van der Waals surface area contributed by atoms with Gasteiger partial charge in [0.1, 0.15) is 6.04 Å². The highest BCUT2D eigenvalue weighted by atomic mass is 16.2. The lowest BCUT2D eigenvalue weighted by Crippen LogP contribution is -2.41. The first-order valence-electron chi connectivity index (χ1n) is 10.1. The Bertz CT molecular complexity index is 859. The summed E-state index contributed by atoms with van der Waals surface area (Å²) in [6.45, 7) is 4.00. The number of benzene rings is 2. The third-order valence-corrected chi connectivity index (χ3v) is 5.71. The van der Waals surface area contributed by atoms with Gasteiger partial charge in [0, 0.05) is 37.9 Å². The molecule has 4 rings (SSSR count). The largest absolute Gasteiger partial charge is 0.370 e. The minimum absolute atomic E-state index is 0.0712. The van der Waals surface area contributed by atoms with E-state index < -0.39 is 6.04 Å². The second kappa shape index (κ2) is 8.05. The van der Waals surface area contributed by atoms with E-state index in [0.29, 0.717) is 0 Å². The standard InChI is InChI=1S/C23H27N3O2/c1-17(27)26-15-12-19-16-20(10-11-21(19)26)24-22(18-8-4-2-5-9-18)23(28)25-13-6-3-7-14-25/h2,4-5,8-11,16,22,24H,3,6-7,12-15H2,1H3/t22-/m1/s1. The summed E-state index contributed by atoms with van der Waals surface area (Å²) in [5.74, 6) is 0.207. The van der Waals surface area contributed by atoms with E-state index in [2.05, 4.69) is 11.4 Å². The predicted molar refractivity (Wildman–Crippen MR) is 111 cm³/mol. The number of nitrogens with one attached hydrogen (secondary N) is 1. The Morgan fingerprint density at radius 3 is 2.43 bits per heavy atom.